The maximum Gasteiger partial charge on any atom is 0.226 e. The van der Waals surface area contributed by atoms with E-state index in [0.29, 0.717) is 6.42 Å². The van der Waals surface area contributed by atoms with E-state index >= 15 is 0 Å². The molecular weight excluding hydrogens is 198 g/mol. The van der Waals surface area contributed by atoms with Gasteiger partial charge in [0.15, 0.2) is 0 Å². The summed E-state index contributed by atoms with van der Waals surface area (Å²) in [6.07, 6.45) is 0.436. The molecule has 0 heterocycles. The van der Waals surface area contributed by atoms with Gasteiger partial charge in [0.1, 0.15) is 0 Å². The lowest BCUT2D eigenvalue weighted by Crippen LogP contribution is -2.23. The summed E-state index contributed by atoms with van der Waals surface area (Å²) in [5.74, 6) is 0.103. The smallest absolute Gasteiger partial charge is 0.226 e. The minimum absolute atomic E-state index is 0.103. The number of aryl methyl sites for hydroxylation is 1. The van der Waals surface area contributed by atoms with Gasteiger partial charge < -0.3 is 4.90 Å². The van der Waals surface area contributed by atoms with Gasteiger partial charge in [0.25, 0.3) is 0 Å². The van der Waals surface area contributed by atoms with Crippen molar-refractivity contribution in [3.8, 4) is 0 Å². The molecule has 14 heavy (non-hydrogen) atoms. The summed E-state index contributed by atoms with van der Waals surface area (Å²) >= 11 is 5.88. The minimum atomic E-state index is 0.103. The van der Waals surface area contributed by atoms with Gasteiger partial charge in [-0.15, -0.1) is 0 Å². The van der Waals surface area contributed by atoms with Gasteiger partial charge in [-0.3, -0.25) is 4.79 Å². The number of carbonyl (C=O) groups is 1. The summed E-state index contributed by atoms with van der Waals surface area (Å²) in [5.41, 5.74) is 2.02. The average Bonchev–Trinajstić information content (AvgIpc) is 2.11. The molecule has 0 saturated carbocycles. The largest absolute Gasteiger partial charge is 0.349 e. The van der Waals surface area contributed by atoms with Gasteiger partial charge in [-0.05, 0) is 24.1 Å². The molecule has 2 nitrogen and oxygen atoms in total. The Morgan fingerprint density at radius 1 is 1.43 bits per heavy atom. The molecular formula is C11H14ClNO. The Morgan fingerprint density at radius 2 is 2.07 bits per heavy atom. The van der Waals surface area contributed by atoms with Crippen LogP contribution in [-0.2, 0) is 11.2 Å². The second-order valence-electron chi connectivity index (χ2n) is 3.55. The Balaban J connectivity index is 2.78. The zero-order chi connectivity index (χ0) is 10.7. The molecule has 0 saturated heterocycles. The molecule has 3 heteroatoms. The van der Waals surface area contributed by atoms with Gasteiger partial charge in [0.05, 0.1) is 6.42 Å². The van der Waals surface area contributed by atoms with Crippen LogP contribution in [0, 0.1) is 6.92 Å². The van der Waals surface area contributed by atoms with E-state index in [2.05, 4.69) is 0 Å². The van der Waals surface area contributed by atoms with E-state index in [0.717, 1.165) is 16.1 Å². The van der Waals surface area contributed by atoms with Crippen LogP contribution in [0.15, 0.2) is 18.2 Å². The molecule has 1 amide bonds. The van der Waals surface area contributed by atoms with Crippen molar-refractivity contribution in [3.63, 3.8) is 0 Å². The molecule has 0 radical (unpaired) electrons. The van der Waals surface area contributed by atoms with E-state index in [1.54, 1.807) is 19.0 Å². The van der Waals surface area contributed by atoms with Crippen molar-refractivity contribution in [2.75, 3.05) is 14.1 Å². The third-order valence-corrected chi connectivity index (χ3v) is 2.50. The van der Waals surface area contributed by atoms with Crippen LogP contribution < -0.4 is 0 Å². The van der Waals surface area contributed by atoms with Crippen LogP contribution in [0.2, 0.25) is 5.02 Å². The third-order valence-electron chi connectivity index (χ3n) is 2.08. The van der Waals surface area contributed by atoms with Crippen LogP contribution in [0.5, 0.6) is 0 Å². The minimum Gasteiger partial charge on any atom is -0.349 e. The van der Waals surface area contributed by atoms with Gasteiger partial charge in [0, 0.05) is 19.1 Å². The SMILES string of the molecule is Cc1cc(CC(=O)N(C)C)ccc1Cl. The number of benzene rings is 1. The van der Waals surface area contributed by atoms with Crippen LogP contribution >= 0.6 is 11.6 Å². The fourth-order valence-corrected chi connectivity index (χ4v) is 1.27. The summed E-state index contributed by atoms with van der Waals surface area (Å²) in [7, 11) is 3.51. The fraction of sp³-hybridized carbons (Fsp3) is 0.364. The van der Waals surface area contributed by atoms with E-state index in [-0.39, 0.29) is 5.91 Å². The number of halogens is 1. The lowest BCUT2D eigenvalue weighted by Gasteiger charge is -2.10. The third kappa shape index (κ3) is 2.74. The maximum atomic E-state index is 11.4. The number of rotatable bonds is 2. The van der Waals surface area contributed by atoms with Crippen LogP contribution in [0.3, 0.4) is 0 Å². The predicted octanol–water partition coefficient (Wildman–Crippen LogP) is 2.28. The van der Waals surface area contributed by atoms with Gasteiger partial charge in [-0.1, -0.05) is 23.7 Å². The fourth-order valence-electron chi connectivity index (χ4n) is 1.15. The van der Waals surface area contributed by atoms with E-state index in [1.807, 2.05) is 25.1 Å². The Labute approximate surface area is 89.5 Å². The number of hydrogen-bond donors (Lipinski definition) is 0. The number of hydrogen-bond acceptors (Lipinski definition) is 1. The maximum absolute atomic E-state index is 11.4. The van der Waals surface area contributed by atoms with Crippen LogP contribution in [0.1, 0.15) is 11.1 Å². The first-order valence-electron chi connectivity index (χ1n) is 4.46. The molecule has 0 atom stereocenters. The molecule has 0 N–H and O–H groups in total. The Kier molecular flexibility index (Phi) is 3.53. The zero-order valence-corrected chi connectivity index (χ0v) is 9.43. The van der Waals surface area contributed by atoms with E-state index in [9.17, 15) is 4.79 Å². The highest BCUT2D eigenvalue weighted by molar-refractivity contribution is 6.31. The highest BCUT2D eigenvalue weighted by Crippen LogP contribution is 2.16. The number of amides is 1. The highest BCUT2D eigenvalue weighted by atomic mass is 35.5. The Morgan fingerprint density at radius 3 is 2.57 bits per heavy atom. The van der Waals surface area contributed by atoms with Crippen molar-refractivity contribution in [2.45, 2.75) is 13.3 Å². The van der Waals surface area contributed by atoms with Crippen molar-refractivity contribution in [1.82, 2.24) is 4.90 Å². The number of carbonyl (C=O) groups excluding carboxylic acids is 1. The van der Waals surface area contributed by atoms with E-state index < -0.39 is 0 Å². The van der Waals surface area contributed by atoms with Gasteiger partial charge in [-0.25, -0.2) is 0 Å². The Hall–Kier alpha value is -1.02. The monoisotopic (exact) mass is 211 g/mol. The van der Waals surface area contributed by atoms with Gasteiger partial charge >= 0.3 is 0 Å². The molecule has 0 aliphatic heterocycles. The molecule has 0 aliphatic rings. The lowest BCUT2D eigenvalue weighted by atomic mass is 10.1. The predicted molar refractivity (Wildman–Crippen MR) is 58.6 cm³/mol. The molecule has 1 rings (SSSR count). The summed E-state index contributed by atoms with van der Waals surface area (Å²) in [6, 6.07) is 5.66. The van der Waals surface area contributed by atoms with Crippen LogP contribution in [0.25, 0.3) is 0 Å². The molecule has 0 aromatic heterocycles. The van der Waals surface area contributed by atoms with Crippen molar-refractivity contribution >= 4 is 17.5 Å². The van der Waals surface area contributed by atoms with Gasteiger partial charge in [0.2, 0.25) is 5.91 Å². The van der Waals surface area contributed by atoms with Crippen LogP contribution in [-0.4, -0.2) is 24.9 Å². The summed E-state index contributed by atoms with van der Waals surface area (Å²) < 4.78 is 0. The first-order chi connectivity index (χ1) is 6.50. The summed E-state index contributed by atoms with van der Waals surface area (Å²) in [5, 5.41) is 0.742. The molecule has 0 unspecified atom stereocenters. The second-order valence-corrected chi connectivity index (χ2v) is 3.96. The molecule has 0 spiro atoms. The van der Waals surface area contributed by atoms with E-state index in [1.165, 1.54) is 0 Å². The Bertz CT molecular complexity index is 347. The molecule has 1 aromatic carbocycles. The first kappa shape index (κ1) is 11.1. The quantitative estimate of drug-likeness (QED) is 0.735. The topological polar surface area (TPSA) is 20.3 Å². The number of nitrogens with zero attached hydrogens (tertiary/aromatic N) is 1. The van der Waals surface area contributed by atoms with Crippen molar-refractivity contribution in [3.05, 3.63) is 34.3 Å². The second kappa shape index (κ2) is 4.47. The van der Waals surface area contributed by atoms with Crippen molar-refractivity contribution in [2.24, 2.45) is 0 Å². The molecule has 76 valence electrons. The van der Waals surface area contributed by atoms with E-state index in [4.69, 9.17) is 11.6 Å². The van der Waals surface area contributed by atoms with Crippen molar-refractivity contribution in [1.29, 1.82) is 0 Å². The summed E-state index contributed by atoms with van der Waals surface area (Å²) in [6.45, 7) is 1.94. The highest BCUT2D eigenvalue weighted by Gasteiger charge is 2.06. The lowest BCUT2D eigenvalue weighted by molar-refractivity contribution is -0.127. The first-order valence-corrected chi connectivity index (χ1v) is 4.83. The molecule has 0 aliphatic carbocycles. The number of likely N-dealkylation sites (N-methyl/N-ethyl adjacent to an activating group) is 1. The van der Waals surface area contributed by atoms with Gasteiger partial charge in [-0.2, -0.15) is 0 Å². The summed E-state index contributed by atoms with van der Waals surface area (Å²) in [4.78, 5) is 13.0. The zero-order valence-electron chi connectivity index (χ0n) is 8.67. The normalized spacial score (nSPS) is 10.0. The van der Waals surface area contributed by atoms with Crippen molar-refractivity contribution < 1.29 is 4.79 Å². The molecule has 1 aromatic rings. The van der Waals surface area contributed by atoms with Crippen LogP contribution in [0.4, 0.5) is 0 Å². The molecule has 0 bridgehead atoms. The molecule has 0 fully saturated rings. The average molecular weight is 212 g/mol. The standard InChI is InChI=1S/C11H14ClNO/c1-8-6-9(4-5-10(8)12)7-11(14)13(2)3/h4-6H,7H2,1-3H3.